The van der Waals surface area contributed by atoms with Gasteiger partial charge in [-0.25, -0.2) is 0 Å². The third kappa shape index (κ3) is 6.24. The molecule has 1 heterocycles. The number of carboxylic acids is 1. The van der Waals surface area contributed by atoms with Crippen LogP contribution in [0.3, 0.4) is 0 Å². The van der Waals surface area contributed by atoms with Gasteiger partial charge in [0.1, 0.15) is 0 Å². The number of carboxylic acid groups (broad SMARTS) is 1. The van der Waals surface area contributed by atoms with Crippen molar-refractivity contribution in [2.45, 2.75) is 57.0 Å². The third-order valence-electron chi connectivity index (χ3n) is 7.92. The van der Waals surface area contributed by atoms with Crippen molar-refractivity contribution < 1.29 is 15.0 Å². The van der Waals surface area contributed by atoms with Crippen molar-refractivity contribution in [3.8, 4) is 0 Å². The Kier molecular flexibility index (Phi) is 8.60. The van der Waals surface area contributed by atoms with E-state index < -0.39 is 17.5 Å². The first-order valence-electron chi connectivity index (χ1n) is 13.2. The van der Waals surface area contributed by atoms with Gasteiger partial charge in [-0.15, -0.1) is 0 Å². The van der Waals surface area contributed by atoms with Gasteiger partial charge in [-0.2, -0.15) is 0 Å². The summed E-state index contributed by atoms with van der Waals surface area (Å²) in [6, 6.07) is 29.2. The number of piperidine rings is 1. The summed E-state index contributed by atoms with van der Waals surface area (Å²) < 4.78 is 0. The molecule has 0 radical (unpaired) electrons. The number of rotatable bonds is 10. The summed E-state index contributed by atoms with van der Waals surface area (Å²) in [7, 11) is 0. The fourth-order valence-corrected chi connectivity index (χ4v) is 5.49. The molecular formula is C32H39NO3. The van der Waals surface area contributed by atoms with Gasteiger partial charge in [0.2, 0.25) is 0 Å². The second kappa shape index (κ2) is 11.9. The summed E-state index contributed by atoms with van der Waals surface area (Å²) in [6.07, 6.45) is 3.48. The van der Waals surface area contributed by atoms with E-state index in [9.17, 15) is 15.0 Å². The Balaban J connectivity index is 1.28. The van der Waals surface area contributed by atoms with Crippen molar-refractivity contribution in [1.82, 2.24) is 4.90 Å². The molecule has 0 amide bonds. The van der Waals surface area contributed by atoms with E-state index in [1.54, 1.807) is 13.8 Å². The Morgan fingerprint density at radius 1 is 0.861 bits per heavy atom. The molecule has 1 unspecified atom stereocenters. The van der Waals surface area contributed by atoms with Crippen molar-refractivity contribution >= 4 is 5.97 Å². The van der Waals surface area contributed by atoms with Gasteiger partial charge in [-0.1, -0.05) is 84.9 Å². The summed E-state index contributed by atoms with van der Waals surface area (Å²) in [5.74, 6) is 0.217. The molecule has 0 aromatic heterocycles. The molecule has 3 aromatic rings. The van der Waals surface area contributed by atoms with Gasteiger partial charge >= 0.3 is 5.97 Å². The fourth-order valence-electron chi connectivity index (χ4n) is 5.49. The number of aliphatic carboxylic acids is 1. The summed E-state index contributed by atoms with van der Waals surface area (Å²) >= 11 is 0. The van der Waals surface area contributed by atoms with Crippen LogP contribution in [0.15, 0.2) is 84.9 Å². The lowest BCUT2D eigenvalue weighted by Gasteiger charge is -2.36. The zero-order valence-corrected chi connectivity index (χ0v) is 21.5. The quantitative estimate of drug-likeness (QED) is 0.348. The molecule has 190 valence electrons. The van der Waals surface area contributed by atoms with Crippen molar-refractivity contribution in [2.75, 3.05) is 19.6 Å². The minimum atomic E-state index is -0.935. The smallest absolute Gasteiger partial charge is 0.313 e. The number of likely N-dealkylation sites (tertiary alicyclic amines) is 1. The SMILES string of the molecule is CC(C)(C(=O)O)c1ccc(C(O)CCCN2CCC(C(c3ccccc3)c3ccccc3)CC2)cc1. The van der Waals surface area contributed by atoms with Crippen molar-refractivity contribution in [1.29, 1.82) is 0 Å². The van der Waals surface area contributed by atoms with Gasteiger partial charge in [0.05, 0.1) is 11.5 Å². The average molecular weight is 486 g/mol. The van der Waals surface area contributed by atoms with Crippen molar-refractivity contribution in [2.24, 2.45) is 5.92 Å². The lowest BCUT2D eigenvalue weighted by Crippen LogP contribution is -2.36. The molecule has 0 aliphatic carbocycles. The van der Waals surface area contributed by atoms with Crippen molar-refractivity contribution in [3.63, 3.8) is 0 Å². The van der Waals surface area contributed by atoms with Gasteiger partial charge < -0.3 is 15.1 Å². The average Bonchev–Trinajstić information content (AvgIpc) is 2.91. The summed E-state index contributed by atoms with van der Waals surface area (Å²) in [5, 5.41) is 20.1. The molecule has 0 bridgehead atoms. The predicted octanol–water partition coefficient (Wildman–Crippen LogP) is 6.41. The fraction of sp³-hybridized carbons (Fsp3) is 0.406. The van der Waals surface area contributed by atoms with E-state index in [1.165, 1.54) is 24.0 Å². The van der Waals surface area contributed by atoms with Crippen LogP contribution in [0.4, 0.5) is 0 Å². The maximum atomic E-state index is 11.5. The Labute approximate surface area is 215 Å². The van der Waals surface area contributed by atoms with Crippen LogP contribution in [-0.2, 0) is 10.2 Å². The molecule has 1 saturated heterocycles. The molecule has 3 aromatic carbocycles. The van der Waals surface area contributed by atoms with Gasteiger partial charge in [0.25, 0.3) is 0 Å². The maximum absolute atomic E-state index is 11.5. The van der Waals surface area contributed by atoms with E-state index in [1.807, 2.05) is 24.3 Å². The van der Waals surface area contributed by atoms with E-state index in [-0.39, 0.29) is 0 Å². The van der Waals surface area contributed by atoms with Crippen LogP contribution in [-0.4, -0.2) is 40.7 Å². The number of hydrogen-bond donors (Lipinski definition) is 2. The van der Waals surface area contributed by atoms with E-state index >= 15 is 0 Å². The minimum absolute atomic E-state index is 0.436. The molecule has 1 aliphatic heterocycles. The summed E-state index contributed by atoms with van der Waals surface area (Å²) in [6.45, 7) is 6.58. The second-order valence-corrected chi connectivity index (χ2v) is 10.7. The normalized spacial score (nSPS) is 16.2. The monoisotopic (exact) mass is 485 g/mol. The zero-order valence-electron chi connectivity index (χ0n) is 21.5. The molecule has 1 atom stereocenters. The highest BCUT2D eigenvalue weighted by Crippen LogP contribution is 2.38. The Hall–Kier alpha value is -2.95. The number of carbonyl (C=O) groups is 1. The molecule has 1 aliphatic rings. The van der Waals surface area contributed by atoms with E-state index in [0.29, 0.717) is 18.3 Å². The lowest BCUT2D eigenvalue weighted by molar-refractivity contribution is -0.142. The lowest BCUT2D eigenvalue weighted by atomic mass is 9.76. The van der Waals surface area contributed by atoms with E-state index in [0.717, 1.165) is 37.2 Å². The summed E-state index contributed by atoms with van der Waals surface area (Å²) in [4.78, 5) is 14.0. The van der Waals surface area contributed by atoms with Gasteiger partial charge in [-0.05, 0) is 87.3 Å². The minimum Gasteiger partial charge on any atom is -0.481 e. The number of nitrogens with zero attached hydrogens (tertiary/aromatic N) is 1. The maximum Gasteiger partial charge on any atom is 0.313 e. The molecule has 2 N–H and O–H groups in total. The summed E-state index contributed by atoms with van der Waals surface area (Å²) in [5.41, 5.74) is 3.48. The van der Waals surface area contributed by atoms with Crippen LogP contribution in [0, 0.1) is 5.92 Å². The molecular weight excluding hydrogens is 446 g/mol. The van der Waals surface area contributed by atoms with Gasteiger partial charge in [-0.3, -0.25) is 4.79 Å². The number of aliphatic hydroxyl groups excluding tert-OH is 1. The number of aliphatic hydroxyl groups is 1. The Bertz CT molecular complexity index is 1050. The number of benzene rings is 3. The molecule has 4 rings (SSSR count). The van der Waals surface area contributed by atoms with Crippen LogP contribution in [0.25, 0.3) is 0 Å². The highest BCUT2D eigenvalue weighted by molar-refractivity contribution is 5.80. The number of hydrogen-bond acceptors (Lipinski definition) is 3. The van der Waals surface area contributed by atoms with Crippen LogP contribution in [0.2, 0.25) is 0 Å². The molecule has 4 heteroatoms. The molecule has 0 spiro atoms. The van der Waals surface area contributed by atoms with Crippen LogP contribution >= 0.6 is 0 Å². The van der Waals surface area contributed by atoms with E-state index in [4.69, 9.17) is 0 Å². The third-order valence-corrected chi connectivity index (χ3v) is 7.92. The van der Waals surface area contributed by atoms with Gasteiger partial charge in [0.15, 0.2) is 0 Å². The topological polar surface area (TPSA) is 60.8 Å². The van der Waals surface area contributed by atoms with Crippen molar-refractivity contribution in [3.05, 3.63) is 107 Å². The highest BCUT2D eigenvalue weighted by Gasteiger charge is 2.30. The van der Waals surface area contributed by atoms with Crippen LogP contribution in [0.1, 0.15) is 73.8 Å². The first kappa shape index (κ1) is 26.1. The molecule has 36 heavy (non-hydrogen) atoms. The van der Waals surface area contributed by atoms with Crippen LogP contribution in [0.5, 0.6) is 0 Å². The Morgan fingerprint density at radius 3 is 1.89 bits per heavy atom. The van der Waals surface area contributed by atoms with E-state index in [2.05, 4.69) is 65.6 Å². The molecule has 4 nitrogen and oxygen atoms in total. The second-order valence-electron chi connectivity index (χ2n) is 10.7. The Morgan fingerprint density at radius 2 is 1.39 bits per heavy atom. The van der Waals surface area contributed by atoms with Crippen LogP contribution < -0.4 is 0 Å². The standard InChI is InChI=1S/C32H39NO3/c1-32(2,31(35)36)28-17-15-24(16-18-28)29(34)14-9-21-33-22-19-27(20-23-33)30(25-10-5-3-6-11-25)26-12-7-4-8-13-26/h3-8,10-13,15-18,27,29-30,34H,9,14,19-23H2,1-2H3,(H,35,36). The van der Waals surface area contributed by atoms with Gasteiger partial charge in [0, 0.05) is 5.92 Å². The zero-order chi connectivity index (χ0) is 25.5. The first-order chi connectivity index (χ1) is 17.4. The first-order valence-corrected chi connectivity index (χ1v) is 13.2. The largest absolute Gasteiger partial charge is 0.481 e. The molecule has 1 fully saturated rings. The predicted molar refractivity (Wildman–Crippen MR) is 145 cm³/mol. The highest BCUT2D eigenvalue weighted by atomic mass is 16.4. The molecule has 0 saturated carbocycles.